The van der Waals surface area contributed by atoms with E-state index in [0.717, 1.165) is 5.57 Å². The van der Waals surface area contributed by atoms with Crippen molar-refractivity contribution in [3.8, 4) is 0 Å². The van der Waals surface area contributed by atoms with Gasteiger partial charge in [-0.3, -0.25) is 0 Å². The lowest BCUT2D eigenvalue weighted by atomic mass is 10.1. The van der Waals surface area contributed by atoms with Crippen LogP contribution in [0, 0.1) is 6.92 Å². The Labute approximate surface area is 102 Å². The predicted octanol–water partition coefficient (Wildman–Crippen LogP) is 4.11. The standard InChI is InChI=1S/C11H15FN2O.C2H6/c1-5-9(6-7-11(3,4)12)10-14-13-8(2)15-10;1-2/h5-7H,1-4H3;1-2H3/b7-6-,9-5+;. The van der Waals surface area contributed by atoms with Crippen molar-refractivity contribution < 1.29 is 8.81 Å². The Hall–Kier alpha value is -1.45. The molecule has 0 fully saturated rings. The van der Waals surface area contributed by atoms with Gasteiger partial charge in [-0.25, -0.2) is 4.39 Å². The van der Waals surface area contributed by atoms with Crippen LogP contribution < -0.4 is 0 Å². The minimum atomic E-state index is -1.34. The molecular weight excluding hydrogens is 219 g/mol. The summed E-state index contributed by atoms with van der Waals surface area (Å²) in [5.74, 6) is 0.910. The zero-order chi connectivity index (χ0) is 13.5. The molecule has 1 aromatic rings. The van der Waals surface area contributed by atoms with Gasteiger partial charge in [0.05, 0.1) is 0 Å². The number of halogens is 1. The third kappa shape index (κ3) is 6.00. The predicted molar refractivity (Wildman–Crippen MR) is 68.4 cm³/mol. The normalized spacial score (nSPS) is 12.5. The topological polar surface area (TPSA) is 38.9 Å². The van der Waals surface area contributed by atoms with Crippen molar-refractivity contribution >= 4 is 5.57 Å². The Morgan fingerprint density at radius 3 is 2.24 bits per heavy atom. The summed E-state index contributed by atoms with van der Waals surface area (Å²) >= 11 is 0. The monoisotopic (exact) mass is 240 g/mol. The fraction of sp³-hybridized carbons (Fsp3) is 0.538. The molecule has 0 N–H and O–H groups in total. The van der Waals surface area contributed by atoms with Gasteiger partial charge in [0.2, 0.25) is 11.8 Å². The van der Waals surface area contributed by atoms with Crippen LogP contribution in [0.2, 0.25) is 0 Å². The van der Waals surface area contributed by atoms with Crippen LogP contribution in [0.5, 0.6) is 0 Å². The number of alkyl halides is 1. The maximum Gasteiger partial charge on any atom is 0.247 e. The average molecular weight is 240 g/mol. The Bertz CT molecular complexity index is 386. The summed E-state index contributed by atoms with van der Waals surface area (Å²) < 4.78 is 18.5. The number of aryl methyl sites for hydroxylation is 1. The maximum absolute atomic E-state index is 13.2. The van der Waals surface area contributed by atoms with Gasteiger partial charge in [-0.15, -0.1) is 10.2 Å². The SMILES string of the molecule is C/C=C(\C=C/C(C)(C)F)c1nnc(C)o1.CC. The van der Waals surface area contributed by atoms with E-state index in [1.807, 2.05) is 20.8 Å². The minimum absolute atomic E-state index is 0.413. The van der Waals surface area contributed by atoms with Crippen LogP contribution in [0.25, 0.3) is 5.57 Å². The van der Waals surface area contributed by atoms with E-state index in [4.69, 9.17) is 4.42 Å². The quantitative estimate of drug-likeness (QED) is 0.746. The first kappa shape index (κ1) is 15.6. The summed E-state index contributed by atoms with van der Waals surface area (Å²) in [5.41, 5.74) is -0.620. The van der Waals surface area contributed by atoms with Crippen LogP contribution >= 0.6 is 0 Å². The molecule has 0 atom stereocenters. The molecule has 0 bridgehead atoms. The van der Waals surface area contributed by atoms with E-state index >= 15 is 0 Å². The van der Waals surface area contributed by atoms with Gasteiger partial charge in [0.15, 0.2) is 0 Å². The fourth-order valence-corrected chi connectivity index (χ4v) is 0.992. The molecule has 1 rings (SSSR count). The molecule has 1 aromatic heterocycles. The van der Waals surface area contributed by atoms with Crippen molar-refractivity contribution in [1.29, 1.82) is 0 Å². The van der Waals surface area contributed by atoms with E-state index in [1.165, 1.54) is 19.9 Å². The van der Waals surface area contributed by atoms with Crippen molar-refractivity contribution in [2.75, 3.05) is 0 Å². The summed E-state index contributed by atoms with van der Waals surface area (Å²) in [6.45, 7) is 10.5. The van der Waals surface area contributed by atoms with Crippen molar-refractivity contribution in [2.45, 2.75) is 47.2 Å². The van der Waals surface area contributed by atoms with Gasteiger partial charge in [0, 0.05) is 12.5 Å². The Balaban J connectivity index is 0.00000121. The van der Waals surface area contributed by atoms with Crippen molar-refractivity contribution in [3.05, 3.63) is 30.0 Å². The second kappa shape index (κ2) is 6.99. The van der Waals surface area contributed by atoms with E-state index in [-0.39, 0.29) is 0 Å². The zero-order valence-corrected chi connectivity index (χ0v) is 11.4. The Kier molecular flexibility index (Phi) is 6.39. The summed E-state index contributed by atoms with van der Waals surface area (Å²) in [7, 11) is 0. The highest BCUT2D eigenvalue weighted by atomic mass is 19.1. The van der Waals surface area contributed by atoms with Gasteiger partial charge in [0.25, 0.3) is 0 Å². The summed E-state index contributed by atoms with van der Waals surface area (Å²) in [4.78, 5) is 0. The molecule has 0 saturated carbocycles. The number of rotatable bonds is 3. The molecule has 96 valence electrons. The first-order valence-corrected chi connectivity index (χ1v) is 5.77. The number of hydrogen-bond donors (Lipinski definition) is 0. The first-order valence-electron chi connectivity index (χ1n) is 5.77. The first-order chi connectivity index (χ1) is 7.92. The van der Waals surface area contributed by atoms with Gasteiger partial charge in [0.1, 0.15) is 5.67 Å². The fourth-order valence-electron chi connectivity index (χ4n) is 0.992. The lowest BCUT2D eigenvalue weighted by Crippen LogP contribution is -2.05. The third-order valence-electron chi connectivity index (χ3n) is 1.74. The van der Waals surface area contributed by atoms with Gasteiger partial charge in [-0.05, 0) is 26.8 Å². The van der Waals surface area contributed by atoms with Crippen LogP contribution in [0.1, 0.15) is 46.4 Å². The number of nitrogens with zero attached hydrogens (tertiary/aromatic N) is 2. The molecule has 0 aliphatic heterocycles. The molecule has 17 heavy (non-hydrogen) atoms. The molecule has 4 heteroatoms. The summed E-state index contributed by atoms with van der Waals surface area (Å²) in [6.07, 6.45) is 4.91. The highest BCUT2D eigenvalue weighted by Crippen LogP contribution is 2.17. The Morgan fingerprint density at radius 2 is 1.88 bits per heavy atom. The second-order valence-corrected chi connectivity index (χ2v) is 3.77. The van der Waals surface area contributed by atoms with Crippen LogP contribution in [0.4, 0.5) is 4.39 Å². The van der Waals surface area contributed by atoms with Gasteiger partial charge in [-0.1, -0.05) is 26.0 Å². The third-order valence-corrected chi connectivity index (χ3v) is 1.74. The smallest absolute Gasteiger partial charge is 0.247 e. The van der Waals surface area contributed by atoms with E-state index in [0.29, 0.717) is 11.8 Å². The molecule has 0 amide bonds. The lowest BCUT2D eigenvalue weighted by molar-refractivity contribution is 0.287. The van der Waals surface area contributed by atoms with E-state index in [1.54, 1.807) is 19.1 Å². The van der Waals surface area contributed by atoms with Gasteiger partial charge >= 0.3 is 0 Å². The van der Waals surface area contributed by atoms with Crippen molar-refractivity contribution in [2.24, 2.45) is 0 Å². The van der Waals surface area contributed by atoms with Crippen LogP contribution in [0.15, 0.2) is 22.6 Å². The highest BCUT2D eigenvalue weighted by Gasteiger charge is 2.11. The molecule has 3 nitrogen and oxygen atoms in total. The average Bonchev–Trinajstić information content (AvgIpc) is 2.67. The molecule has 0 aliphatic rings. The lowest BCUT2D eigenvalue weighted by Gasteiger charge is -2.06. The minimum Gasteiger partial charge on any atom is -0.421 e. The number of aromatic nitrogens is 2. The molecule has 1 heterocycles. The molecular formula is C13H21FN2O. The Morgan fingerprint density at radius 1 is 1.29 bits per heavy atom. The number of allylic oxidation sites excluding steroid dienone is 4. The van der Waals surface area contributed by atoms with E-state index in [2.05, 4.69) is 10.2 Å². The molecule has 0 aliphatic carbocycles. The highest BCUT2D eigenvalue weighted by molar-refractivity contribution is 5.68. The molecule has 0 radical (unpaired) electrons. The summed E-state index contributed by atoms with van der Waals surface area (Å²) in [5, 5.41) is 7.57. The van der Waals surface area contributed by atoms with Gasteiger partial charge in [-0.2, -0.15) is 0 Å². The molecule has 0 saturated heterocycles. The van der Waals surface area contributed by atoms with Crippen LogP contribution in [-0.4, -0.2) is 15.9 Å². The second-order valence-electron chi connectivity index (χ2n) is 3.77. The largest absolute Gasteiger partial charge is 0.421 e. The van der Waals surface area contributed by atoms with Gasteiger partial charge < -0.3 is 4.42 Å². The van der Waals surface area contributed by atoms with E-state index in [9.17, 15) is 4.39 Å². The zero-order valence-electron chi connectivity index (χ0n) is 11.4. The van der Waals surface area contributed by atoms with Crippen LogP contribution in [-0.2, 0) is 0 Å². The van der Waals surface area contributed by atoms with Crippen LogP contribution in [0.3, 0.4) is 0 Å². The number of hydrogen-bond acceptors (Lipinski definition) is 3. The summed E-state index contributed by atoms with van der Waals surface area (Å²) in [6, 6.07) is 0. The molecule has 0 unspecified atom stereocenters. The maximum atomic E-state index is 13.2. The van der Waals surface area contributed by atoms with E-state index < -0.39 is 5.67 Å². The van der Waals surface area contributed by atoms with Crippen molar-refractivity contribution in [3.63, 3.8) is 0 Å². The molecule has 0 aromatic carbocycles. The molecule has 0 spiro atoms. The van der Waals surface area contributed by atoms with Crippen molar-refractivity contribution in [1.82, 2.24) is 10.2 Å².